The summed E-state index contributed by atoms with van der Waals surface area (Å²) in [5, 5.41) is 9.25. The summed E-state index contributed by atoms with van der Waals surface area (Å²) in [4.78, 5) is 24.1. The van der Waals surface area contributed by atoms with E-state index in [0.717, 1.165) is 0 Å². The van der Waals surface area contributed by atoms with Crippen LogP contribution in [0.3, 0.4) is 0 Å². The second-order valence-electron chi connectivity index (χ2n) is 5.60. The van der Waals surface area contributed by atoms with E-state index in [1.807, 2.05) is 0 Å². The maximum absolute atomic E-state index is 13.1. The van der Waals surface area contributed by atoms with Gasteiger partial charge in [0.05, 0.1) is 12.7 Å². The van der Waals surface area contributed by atoms with Gasteiger partial charge in [-0.15, -0.1) is 0 Å². The van der Waals surface area contributed by atoms with Crippen LogP contribution in [0, 0.1) is 5.82 Å². The number of halogens is 1. The average molecular weight is 366 g/mol. The van der Waals surface area contributed by atoms with Crippen LogP contribution in [0.2, 0.25) is 0 Å². The van der Waals surface area contributed by atoms with Crippen LogP contribution in [-0.2, 0) is 0 Å². The number of hydrogen-bond donors (Lipinski definition) is 1. The van der Waals surface area contributed by atoms with Crippen molar-refractivity contribution >= 4 is 11.8 Å². The molecule has 0 heterocycles. The van der Waals surface area contributed by atoms with Gasteiger partial charge in [0.15, 0.2) is 5.78 Å². The molecule has 0 amide bonds. The van der Waals surface area contributed by atoms with Crippen molar-refractivity contribution in [1.82, 2.24) is 0 Å². The van der Waals surface area contributed by atoms with Crippen LogP contribution in [-0.4, -0.2) is 24.0 Å². The van der Waals surface area contributed by atoms with E-state index in [9.17, 15) is 19.1 Å². The third-order valence-corrected chi connectivity index (χ3v) is 3.87. The number of benzene rings is 3. The molecule has 1 N–H and O–H groups in total. The van der Waals surface area contributed by atoms with Crippen LogP contribution < -0.4 is 9.47 Å². The van der Waals surface area contributed by atoms with Crippen LogP contribution in [0.15, 0.2) is 66.7 Å². The first-order chi connectivity index (χ1) is 13.0. The number of aromatic carboxylic acids is 1. The summed E-state index contributed by atoms with van der Waals surface area (Å²) in [5.74, 6) is -1.19. The lowest BCUT2D eigenvalue weighted by atomic mass is 10.0. The molecule has 0 saturated carbocycles. The van der Waals surface area contributed by atoms with Crippen LogP contribution in [0.1, 0.15) is 26.3 Å². The maximum atomic E-state index is 13.1. The first-order valence-corrected chi connectivity index (χ1v) is 7.98. The van der Waals surface area contributed by atoms with Gasteiger partial charge >= 0.3 is 5.97 Å². The molecule has 0 aliphatic carbocycles. The number of carbonyl (C=O) groups is 2. The Hall–Kier alpha value is -3.67. The lowest BCUT2D eigenvalue weighted by molar-refractivity contribution is 0.0694. The van der Waals surface area contributed by atoms with Crippen LogP contribution in [0.4, 0.5) is 4.39 Å². The van der Waals surface area contributed by atoms with Crippen molar-refractivity contribution in [3.63, 3.8) is 0 Å². The highest BCUT2D eigenvalue weighted by Crippen LogP contribution is 2.31. The van der Waals surface area contributed by atoms with E-state index >= 15 is 0 Å². The van der Waals surface area contributed by atoms with Gasteiger partial charge in [0.25, 0.3) is 0 Å². The first kappa shape index (κ1) is 18.1. The molecule has 0 unspecified atom stereocenters. The Kier molecular flexibility index (Phi) is 5.17. The van der Waals surface area contributed by atoms with Gasteiger partial charge in [0.2, 0.25) is 0 Å². The molecule has 0 fully saturated rings. The second kappa shape index (κ2) is 7.70. The summed E-state index contributed by atoms with van der Waals surface area (Å²) < 4.78 is 24.0. The van der Waals surface area contributed by atoms with Crippen molar-refractivity contribution in [1.29, 1.82) is 0 Å². The highest BCUT2D eigenvalue weighted by molar-refractivity contribution is 6.11. The van der Waals surface area contributed by atoms with Crippen molar-refractivity contribution in [2.75, 3.05) is 7.11 Å². The molecule has 0 aliphatic rings. The fraction of sp³-hybridized carbons (Fsp3) is 0.0476. The highest BCUT2D eigenvalue weighted by atomic mass is 19.1. The number of methoxy groups -OCH3 is 1. The zero-order chi connectivity index (χ0) is 19.4. The Morgan fingerprint density at radius 3 is 2.26 bits per heavy atom. The normalized spacial score (nSPS) is 10.3. The van der Waals surface area contributed by atoms with Gasteiger partial charge in [0.1, 0.15) is 28.6 Å². The average Bonchev–Trinajstić information content (AvgIpc) is 2.68. The fourth-order valence-corrected chi connectivity index (χ4v) is 2.54. The van der Waals surface area contributed by atoms with E-state index in [1.54, 1.807) is 24.3 Å². The number of carbonyl (C=O) groups excluding carboxylic acids is 1. The van der Waals surface area contributed by atoms with Crippen LogP contribution in [0.5, 0.6) is 17.2 Å². The number of hydrogen-bond acceptors (Lipinski definition) is 4. The van der Waals surface area contributed by atoms with E-state index in [2.05, 4.69) is 0 Å². The van der Waals surface area contributed by atoms with E-state index in [1.165, 1.54) is 49.6 Å². The van der Waals surface area contributed by atoms with Crippen molar-refractivity contribution in [2.24, 2.45) is 0 Å². The molecule has 3 rings (SSSR count). The molecule has 0 atom stereocenters. The maximum Gasteiger partial charge on any atom is 0.339 e. The van der Waals surface area contributed by atoms with E-state index in [4.69, 9.17) is 9.47 Å². The van der Waals surface area contributed by atoms with Gasteiger partial charge in [0, 0.05) is 5.56 Å². The molecule has 27 heavy (non-hydrogen) atoms. The smallest absolute Gasteiger partial charge is 0.339 e. The largest absolute Gasteiger partial charge is 0.496 e. The minimum atomic E-state index is -1.12. The minimum absolute atomic E-state index is 0.000251. The Labute approximate surface area is 154 Å². The van der Waals surface area contributed by atoms with E-state index in [0.29, 0.717) is 5.75 Å². The zero-order valence-corrected chi connectivity index (χ0v) is 14.3. The van der Waals surface area contributed by atoms with Gasteiger partial charge in [-0.05, 0) is 54.6 Å². The molecule has 0 aromatic heterocycles. The van der Waals surface area contributed by atoms with E-state index in [-0.39, 0.29) is 34.0 Å². The molecule has 3 aromatic rings. The van der Waals surface area contributed by atoms with Gasteiger partial charge in [-0.2, -0.15) is 0 Å². The van der Waals surface area contributed by atoms with Crippen molar-refractivity contribution < 1.29 is 28.6 Å². The number of ketones is 1. The summed E-state index contributed by atoms with van der Waals surface area (Å²) >= 11 is 0. The summed E-state index contributed by atoms with van der Waals surface area (Å²) in [7, 11) is 1.43. The molecule has 0 radical (unpaired) electrons. The third kappa shape index (κ3) is 3.95. The second-order valence-corrected chi connectivity index (χ2v) is 5.60. The molecular weight excluding hydrogens is 351 g/mol. The van der Waals surface area contributed by atoms with Gasteiger partial charge in [-0.25, -0.2) is 9.18 Å². The Balaban J connectivity index is 1.98. The van der Waals surface area contributed by atoms with Gasteiger partial charge in [-0.3, -0.25) is 4.79 Å². The van der Waals surface area contributed by atoms with Crippen molar-refractivity contribution in [2.45, 2.75) is 0 Å². The monoisotopic (exact) mass is 366 g/mol. The Morgan fingerprint density at radius 1 is 0.889 bits per heavy atom. The van der Waals surface area contributed by atoms with Crippen LogP contribution in [0.25, 0.3) is 0 Å². The summed E-state index contributed by atoms with van der Waals surface area (Å²) in [6, 6.07) is 15.9. The molecule has 6 heteroatoms. The van der Waals surface area contributed by atoms with E-state index < -0.39 is 11.8 Å². The Bertz CT molecular complexity index is 996. The lowest BCUT2D eigenvalue weighted by Gasteiger charge is -2.12. The first-order valence-electron chi connectivity index (χ1n) is 7.98. The third-order valence-electron chi connectivity index (χ3n) is 3.87. The molecule has 0 aliphatic heterocycles. The molecule has 5 nitrogen and oxygen atoms in total. The number of ether oxygens (including phenoxy) is 2. The molecule has 0 bridgehead atoms. The predicted octanol–water partition coefficient (Wildman–Crippen LogP) is 4.56. The van der Waals surface area contributed by atoms with Crippen molar-refractivity contribution in [3.8, 4) is 17.2 Å². The highest BCUT2D eigenvalue weighted by Gasteiger charge is 2.17. The van der Waals surface area contributed by atoms with Gasteiger partial charge in [-0.1, -0.05) is 12.1 Å². The number of rotatable bonds is 6. The minimum Gasteiger partial charge on any atom is -0.496 e. The molecule has 0 spiro atoms. The number of carboxylic acids is 1. The van der Waals surface area contributed by atoms with Gasteiger partial charge < -0.3 is 14.6 Å². The molecular formula is C21H15FO5. The molecule has 136 valence electrons. The zero-order valence-electron chi connectivity index (χ0n) is 14.3. The summed E-state index contributed by atoms with van der Waals surface area (Å²) in [6.07, 6.45) is 0. The molecule has 3 aromatic carbocycles. The SMILES string of the molecule is COc1ccc(Oc2ccccc2C(=O)O)cc1C(=O)c1ccc(F)cc1. The Morgan fingerprint density at radius 2 is 1.59 bits per heavy atom. The predicted molar refractivity (Wildman–Crippen MR) is 96.3 cm³/mol. The van der Waals surface area contributed by atoms with Crippen molar-refractivity contribution in [3.05, 3.63) is 89.2 Å². The molecule has 0 saturated heterocycles. The summed E-state index contributed by atoms with van der Waals surface area (Å²) in [6.45, 7) is 0. The standard InChI is InChI=1S/C21H15FO5/c1-26-18-11-10-15(27-19-5-3-2-4-16(19)21(24)25)12-17(18)20(23)13-6-8-14(22)9-7-13/h2-12H,1H3,(H,24,25). The lowest BCUT2D eigenvalue weighted by Crippen LogP contribution is -2.05. The summed E-state index contributed by atoms with van der Waals surface area (Å²) in [5.41, 5.74) is 0.506. The number of para-hydroxylation sites is 1. The number of carboxylic acid groups (broad SMARTS) is 1. The topological polar surface area (TPSA) is 72.8 Å². The quantitative estimate of drug-likeness (QED) is 0.648. The fourth-order valence-electron chi connectivity index (χ4n) is 2.54. The van der Waals surface area contributed by atoms with Crippen LogP contribution >= 0.6 is 0 Å².